The van der Waals surface area contributed by atoms with Crippen molar-refractivity contribution >= 4 is 5.78 Å². The minimum Gasteiger partial charge on any atom is -0.390 e. The third kappa shape index (κ3) is 1.66. The van der Waals surface area contributed by atoms with Crippen molar-refractivity contribution in [2.45, 2.75) is 77.6 Å². The standard InChI is InChI=1S/C20H30O3/c1-11(2)15-8-16(21)18(4)9-13-12(3)6-7-14(13)19(5)17(22)10-20(15,18)23-19/h9,11-12,14-15,17,22H,6-8,10H2,1-5H3. The summed E-state index contributed by atoms with van der Waals surface area (Å²) in [6, 6.07) is 0. The molecule has 2 aliphatic carbocycles. The lowest BCUT2D eigenvalue weighted by Gasteiger charge is -2.43. The first-order valence-electron chi connectivity index (χ1n) is 9.30. The van der Waals surface area contributed by atoms with Gasteiger partial charge in [0.15, 0.2) is 0 Å². The predicted molar refractivity (Wildman–Crippen MR) is 88.9 cm³/mol. The second kappa shape index (κ2) is 4.49. The number of hydrogen-bond acceptors (Lipinski definition) is 3. The highest BCUT2D eigenvalue weighted by Crippen LogP contribution is 2.66. The van der Waals surface area contributed by atoms with Crippen LogP contribution in [0.5, 0.6) is 0 Å². The maximum atomic E-state index is 13.1. The molecular weight excluding hydrogens is 288 g/mol. The average molecular weight is 318 g/mol. The minimum absolute atomic E-state index is 0.197. The first-order valence-corrected chi connectivity index (χ1v) is 9.30. The van der Waals surface area contributed by atoms with E-state index >= 15 is 0 Å². The van der Waals surface area contributed by atoms with Crippen LogP contribution in [-0.4, -0.2) is 28.2 Å². The summed E-state index contributed by atoms with van der Waals surface area (Å²) >= 11 is 0. The van der Waals surface area contributed by atoms with E-state index in [-0.39, 0.29) is 11.8 Å². The maximum Gasteiger partial charge on any atom is 0.145 e. The zero-order valence-corrected chi connectivity index (χ0v) is 15.1. The summed E-state index contributed by atoms with van der Waals surface area (Å²) in [6.07, 6.45) is 5.19. The van der Waals surface area contributed by atoms with Gasteiger partial charge in [-0.3, -0.25) is 4.79 Å². The van der Waals surface area contributed by atoms with Crippen LogP contribution in [0.4, 0.5) is 0 Å². The quantitative estimate of drug-likeness (QED) is 0.753. The van der Waals surface area contributed by atoms with Crippen LogP contribution in [0.1, 0.15) is 60.3 Å². The molecule has 1 saturated heterocycles. The first-order chi connectivity index (χ1) is 10.7. The van der Waals surface area contributed by atoms with Crippen LogP contribution in [0.25, 0.3) is 0 Å². The van der Waals surface area contributed by atoms with Crippen LogP contribution in [0.2, 0.25) is 0 Å². The van der Waals surface area contributed by atoms with Crippen LogP contribution in [0, 0.1) is 29.1 Å². The Hall–Kier alpha value is -0.670. The summed E-state index contributed by atoms with van der Waals surface area (Å²) in [7, 11) is 0. The van der Waals surface area contributed by atoms with E-state index in [2.05, 4.69) is 40.7 Å². The number of Topliss-reactive ketones (excluding diaryl/α,β-unsaturated/α-hetero) is 1. The number of ketones is 1. The monoisotopic (exact) mass is 318 g/mol. The van der Waals surface area contributed by atoms with Crippen molar-refractivity contribution < 1.29 is 14.6 Å². The molecule has 0 aromatic carbocycles. The van der Waals surface area contributed by atoms with E-state index in [0.717, 1.165) is 12.8 Å². The molecule has 3 fully saturated rings. The smallest absolute Gasteiger partial charge is 0.145 e. The molecule has 2 aliphatic heterocycles. The van der Waals surface area contributed by atoms with Crippen molar-refractivity contribution in [3.8, 4) is 0 Å². The molecular formula is C20H30O3. The van der Waals surface area contributed by atoms with Crippen LogP contribution in [0.15, 0.2) is 11.6 Å². The van der Waals surface area contributed by atoms with Crippen LogP contribution in [-0.2, 0) is 9.53 Å². The van der Waals surface area contributed by atoms with E-state index < -0.39 is 22.7 Å². The summed E-state index contributed by atoms with van der Waals surface area (Å²) in [5.74, 6) is 1.63. The molecule has 7 atom stereocenters. The zero-order valence-electron chi connectivity index (χ0n) is 15.1. The van der Waals surface area contributed by atoms with E-state index in [1.165, 1.54) is 5.57 Å². The van der Waals surface area contributed by atoms with Gasteiger partial charge >= 0.3 is 0 Å². The van der Waals surface area contributed by atoms with Crippen molar-refractivity contribution in [2.75, 3.05) is 0 Å². The highest BCUT2D eigenvalue weighted by atomic mass is 16.6. The highest BCUT2D eigenvalue weighted by molar-refractivity contribution is 5.91. The second-order valence-electron chi connectivity index (χ2n) is 9.25. The SMILES string of the molecule is CC1CCC2C1=CC1(C)C(=O)CC(C(C)C)C13CC(O)C2(C)O3. The van der Waals surface area contributed by atoms with E-state index in [1.54, 1.807) is 0 Å². The molecule has 7 unspecified atom stereocenters. The van der Waals surface area contributed by atoms with Crippen molar-refractivity contribution in [1.82, 2.24) is 0 Å². The molecule has 1 spiro atoms. The Balaban J connectivity index is 1.96. The van der Waals surface area contributed by atoms with Gasteiger partial charge in [0.1, 0.15) is 5.78 Å². The number of hydrogen-bond donors (Lipinski definition) is 1. The van der Waals surface area contributed by atoms with E-state index in [0.29, 0.717) is 30.5 Å². The summed E-state index contributed by atoms with van der Waals surface area (Å²) in [5, 5.41) is 11.0. The van der Waals surface area contributed by atoms with Crippen molar-refractivity contribution in [3.63, 3.8) is 0 Å². The number of carbonyl (C=O) groups is 1. The van der Waals surface area contributed by atoms with Gasteiger partial charge in [0.25, 0.3) is 0 Å². The fourth-order valence-electron chi connectivity index (χ4n) is 6.30. The molecule has 1 N–H and O–H groups in total. The molecule has 128 valence electrons. The third-order valence-corrected chi connectivity index (χ3v) is 7.83. The predicted octanol–water partition coefficient (Wildman–Crippen LogP) is 3.50. The average Bonchev–Trinajstić information content (AvgIpc) is 2.99. The summed E-state index contributed by atoms with van der Waals surface area (Å²) in [4.78, 5) is 13.1. The Labute approximate surface area is 139 Å². The lowest BCUT2D eigenvalue weighted by atomic mass is 9.64. The highest BCUT2D eigenvalue weighted by Gasteiger charge is 2.73. The Kier molecular flexibility index (Phi) is 3.09. The van der Waals surface area contributed by atoms with Gasteiger partial charge in [-0.05, 0) is 44.4 Å². The number of fused-ring (bicyclic) bond motifs is 3. The summed E-state index contributed by atoms with van der Waals surface area (Å²) in [6.45, 7) is 10.8. The van der Waals surface area contributed by atoms with E-state index in [4.69, 9.17) is 4.74 Å². The second-order valence-corrected chi connectivity index (χ2v) is 9.25. The van der Waals surface area contributed by atoms with Gasteiger partial charge in [0.2, 0.25) is 0 Å². The molecule has 2 bridgehead atoms. The molecule has 4 aliphatic rings. The van der Waals surface area contributed by atoms with Gasteiger partial charge < -0.3 is 9.84 Å². The molecule has 0 amide bonds. The largest absolute Gasteiger partial charge is 0.390 e. The molecule has 0 aromatic rings. The van der Waals surface area contributed by atoms with Crippen LogP contribution < -0.4 is 0 Å². The number of ether oxygens (including phenoxy) is 1. The van der Waals surface area contributed by atoms with Gasteiger partial charge in [-0.2, -0.15) is 0 Å². The third-order valence-electron chi connectivity index (χ3n) is 7.83. The van der Waals surface area contributed by atoms with Crippen LogP contribution >= 0.6 is 0 Å². The molecule has 2 heterocycles. The normalized spacial score (nSPS) is 54.9. The van der Waals surface area contributed by atoms with Crippen molar-refractivity contribution in [3.05, 3.63) is 11.6 Å². The summed E-state index contributed by atoms with van der Waals surface area (Å²) < 4.78 is 6.82. The van der Waals surface area contributed by atoms with Gasteiger partial charge in [-0.25, -0.2) is 0 Å². The topological polar surface area (TPSA) is 46.5 Å². The molecule has 0 aromatic heterocycles. The Morgan fingerprint density at radius 3 is 2.65 bits per heavy atom. The molecule has 3 heteroatoms. The van der Waals surface area contributed by atoms with Crippen molar-refractivity contribution in [2.24, 2.45) is 29.1 Å². The van der Waals surface area contributed by atoms with E-state index in [9.17, 15) is 9.90 Å². The molecule has 4 rings (SSSR count). The van der Waals surface area contributed by atoms with Gasteiger partial charge in [0.05, 0.1) is 22.7 Å². The van der Waals surface area contributed by atoms with E-state index in [1.807, 2.05) is 0 Å². The Morgan fingerprint density at radius 2 is 2.00 bits per heavy atom. The molecule has 0 radical (unpaired) electrons. The van der Waals surface area contributed by atoms with Crippen molar-refractivity contribution in [1.29, 1.82) is 0 Å². The Morgan fingerprint density at radius 1 is 1.30 bits per heavy atom. The fraction of sp³-hybridized carbons (Fsp3) is 0.850. The lowest BCUT2D eigenvalue weighted by molar-refractivity contribution is -0.177. The molecule has 2 saturated carbocycles. The maximum absolute atomic E-state index is 13.1. The first kappa shape index (κ1) is 15.8. The fourth-order valence-corrected chi connectivity index (χ4v) is 6.30. The molecule has 3 nitrogen and oxygen atoms in total. The van der Waals surface area contributed by atoms with Gasteiger partial charge in [-0.1, -0.05) is 32.4 Å². The number of aliphatic hydroxyl groups excluding tert-OH is 1. The number of carbonyl (C=O) groups excluding carboxylic acids is 1. The number of aliphatic hydroxyl groups is 1. The molecule has 23 heavy (non-hydrogen) atoms. The summed E-state index contributed by atoms with van der Waals surface area (Å²) in [5.41, 5.74) is -0.271. The number of rotatable bonds is 1. The minimum atomic E-state index is -0.580. The zero-order chi connectivity index (χ0) is 16.8. The lowest BCUT2D eigenvalue weighted by Crippen LogP contribution is -2.50. The Bertz CT molecular complexity index is 594. The van der Waals surface area contributed by atoms with Gasteiger partial charge in [-0.15, -0.1) is 0 Å². The van der Waals surface area contributed by atoms with Gasteiger partial charge in [0, 0.05) is 18.8 Å². The van der Waals surface area contributed by atoms with Crippen LogP contribution in [0.3, 0.4) is 0 Å².